The maximum absolute atomic E-state index is 12.3. The van der Waals surface area contributed by atoms with Crippen molar-refractivity contribution in [3.63, 3.8) is 0 Å². The third-order valence-electron chi connectivity index (χ3n) is 4.74. The number of nitrogens with zero attached hydrogens (tertiary/aromatic N) is 3. The molecule has 32 heavy (non-hydrogen) atoms. The molecule has 168 valence electrons. The van der Waals surface area contributed by atoms with E-state index >= 15 is 0 Å². The van der Waals surface area contributed by atoms with Gasteiger partial charge in [0.2, 0.25) is 5.91 Å². The van der Waals surface area contributed by atoms with Crippen molar-refractivity contribution in [3.8, 4) is 11.4 Å². The van der Waals surface area contributed by atoms with Gasteiger partial charge in [0.05, 0.1) is 5.75 Å². The van der Waals surface area contributed by atoms with Crippen LogP contribution >= 0.6 is 23.4 Å². The first kappa shape index (κ1) is 23.8. The molecule has 1 heterocycles. The van der Waals surface area contributed by atoms with Crippen LogP contribution in [-0.2, 0) is 11.3 Å². The van der Waals surface area contributed by atoms with E-state index in [-0.39, 0.29) is 17.6 Å². The van der Waals surface area contributed by atoms with Gasteiger partial charge in [-0.3, -0.25) is 20.4 Å². The molecular formula is C23H26ClN5O2S. The largest absolute Gasteiger partial charge is 0.302 e. The normalized spacial score (nSPS) is 10.7. The molecule has 3 rings (SSSR count). The quantitative estimate of drug-likeness (QED) is 0.253. The lowest BCUT2D eigenvalue weighted by Gasteiger charge is -2.11. The molecule has 2 amide bonds. The second-order valence-corrected chi connectivity index (χ2v) is 8.56. The molecule has 2 N–H and O–H groups in total. The summed E-state index contributed by atoms with van der Waals surface area (Å²) in [5.41, 5.74) is 6.26. The molecule has 0 bridgehead atoms. The van der Waals surface area contributed by atoms with Crippen LogP contribution < -0.4 is 10.9 Å². The number of rotatable bonds is 10. The fraction of sp³-hybridized carbons (Fsp3) is 0.304. The Kier molecular flexibility index (Phi) is 9.13. The second-order valence-electron chi connectivity index (χ2n) is 7.18. The Morgan fingerprint density at radius 1 is 0.969 bits per heavy atom. The van der Waals surface area contributed by atoms with Gasteiger partial charge in [0.15, 0.2) is 11.0 Å². The predicted molar refractivity (Wildman–Crippen MR) is 127 cm³/mol. The van der Waals surface area contributed by atoms with Gasteiger partial charge in [-0.25, -0.2) is 0 Å². The zero-order valence-electron chi connectivity index (χ0n) is 17.9. The molecule has 0 spiro atoms. The average molecular weight is 472 g/mol. The zero-order chi connectivity index (χ0) is 22.8. The van der Waals surface area contributed by atoms with Crippen LogP contribution in [0.5, 0.6) is 0 Å². The molecule has 0 aliphatic rings. The van der Waals surface area contributed by atoms with E-state index in [0.717, 1.165) is 37.2 Å². The van der Waals surface area contributed by atoms with Gasteiger partial charge in [-0.1, -0.05) is 67.7 Å². The average Bonchev–Trinajstić information content (AvgIpc) is 3.22. The van der Waals surface area contributed by atoms with Gasteiger partial charge < -0.3 is 4.57 Å². The number of carbonyl (C=O) groups excluding carboxylic acids is 2. The molecule has 0 saturated heterocycles. The summed E-state index contributed by atoms with van der Waals surface area (Å²) in [5.74, 6) is 0.155. The Labute approximate surface area is 196 Å². The smallest absolute Gasteiger partial charge is 0.269 e. The molecular weight excluding hydrogens is 446 g/mol. The SMILES string of the molecule is CCCCCCn1c(SCC(=O)NNC(=O)c2ccccc2)nnc1-c1ccc(Cl)cc1. The van der Waals surface area contributed by atoms with Crippen molar-refractivity contribution in [2.24, 2.45) is 0 Å². The first-order valence-corrected chi connectivity index (χ1v) is 11.9. The van der Waals surface area contributed by atoms with Crippen molar-refractivity contribution in [2.45, 2.75) is 44.3 Å². The Bertz CT molecular complexity index is 1020. The van der Waals surface area contributed by atoms with Crippen molar-refractivity contribution in [1.82, 2.24) is 25.6 Å². The van der Waals surface area contributed by atoms with E-state index in [4.69, 9.17) is 11.6 Å². The zero-order valence-corrected chi connectivity index (χ0v) is 19.5. The monoisotopic (exact) mass is 471 g/mol. The van der Waals surface area contributed by atoms with Crippen molar-refractivity contribution in [2.75, 3.05) is 5.75 Å². The van der Waals surface area contributed by atoms with E-state index in [9.17, 15) is 9.59 Å². The van der Waals surface area contributed by atoms with E-state index < -0.39 is 0 Å². The maximum atomic E-state index is 12.3. The Morgan fingerprint density at radius 3 is 2.44 bits per heavy atom. The molecule has 0 radical (unpaired) electrons. The van der Waals surface area contributed by atoms with Crippen molar-refractivity contribution >= 4 is 35.2 Å². The van der Waals surface area contributed by atoms with Gasteiger partial charge in [0.25, 0.3) is 5.91 Å². The third kappa shape index (κ3) is 6.83. The molecule has 0 aliphatic heterocycles. The number of benzene rings is 2. The molecule has 0 fully saturated rings. The van der Waals surface area contributed by atoms with Gasteiger partial charge in [-0.2, -0.15) is 0 Å². The van der Waals surface area contributed by atoms with Crippen molar-refractivity contribution in [3.05, 3.63) is 65.2 Å². The van der Waals surface area contributed by atoms with Crippen molar-refractivity contribution < 1.29 is 9.59 Å². The topological polar surface area (TPSA) is 88.9 Å². The molecule has 2 aromatic carbocycles. The molecule has 1 aromatic heterocycles. The summed E-state index contributed by atoms with van der Waals surface area (Å²) < 4.78 is 2.04. The van der Waals surface area contributed by atoms with Crippen LogP contribution in [0, 0.1) is 0 Å². The summed E-state index contributed by atoms with van der Waals surface area (Å²) in [6.45, 7) is 2.94. The fourth-order valence-corrected chi connectivity index (χ4v) is 3.95. The summed E-state index contributed by atoms with van der Waals surface area (Å²) >= 11 is 7.30. The minimum absolute atomic E-state index is 0.1000. The van der Waals surface area contributed by atoms with E-state index in [1.54, 1.807) is 24.3 Å². The Balaban J connectivity index is 1.62. The Morgan fingerprint density at radius 2 is 1.72 bits per heavy atom. The first-order valence-electron chi connectivity index (χ1n) is 10.5. The lowest BCUT2D eigenvalue weighted by molar-refractivity contribution is -0.119. The Hall–Kier alpha value is -2.84. The highest BCUT2D eigenvalue weighted by Crippen LogP contribution is 2.26. The molecule has 0 saturated carbocycles. The number of halogens is 1. The van der Waals surface area contributed by atoms with Crippen LogP contribution in [0.15, 0.2) is 59.8 Å². The molecule has 9 heteroatoms. The van der Waals surface area contributed by atoms with Crippen LogP contribution in [0.1, 0.15) is 43.0 Å². The second kappa shape index (κ2) is 12.3. The van der Waals surface area contributed by atoms with Crippen LogP contribution in [0.25, 0.3) is 11.4 Å². The number of hydrogen-bond donors (Lipinski definition) is 2. The number of hydrogen-bond acceptors (Lipinski definition) is 5. The van der Waals surface area contributed by atoms with Gasteiger partial charge in [-0.05, 0) is 42.8 Å². The fourth-order valence-electron chi connectivity index (χ4n) is 3.06. The number of thioether (sulfide) groups is 1. The number of aromatic nitrogens is 3. The third-order valence-corrected chi connectivity index (χ3v) is 5.96. The van der Waals surface area contributed by atoms with Crippen LogP contribution in [0.2, 0.25) is 5.02 Å². The van der Waals surface area contributed by atoms with Crippen LogP contribution in [0.4, 0.5) is 0 Å². The standard InChI is InChI=1S/C23H26ClN5O2S/c1-2-3-4-8-15-29-21(17-11-13-19(24)14-12-17)26-28-23(29)32-16-20(30)25-27-22(31)18-9-6-5-7-10-18/h5-7,9-14H,2-4,8,15-16H2,1H3,(H,25,30)(H,27,31). The van der Waals surface area contributed by atoms with E-state index in [1.807, 2.05) is 34.9 Å². The number of nitrogens with one attached hydrogen (secondary N) is 2. The predicted octanol–water partition coefficient (Wildman–Crippen LogP) is 4.73. The lowest BCUT2D eigenvalue weighted by atomic mass is 10.2. The van der Waals surface area contributed by atoms with Crippen molar-refractivity contribution in [1.29, 1.82) is 0 Å². The lowest BCUT2D eigenvalue weighted by Crippen LogP contribution is -2.42. The molecule has 0 unspecified atom stereocenters. The highest BCUT2D eigenvalue weighted by molar-refractivity contribution is 7.99. The molecule has 0 aliphatic carbocycles. The highest BCUT2D eigenvalue weighted by atomic mass is 35.5. The summed E-state index contributed by atoms with van der Waals surface area (Å²) in [5, 5.41) is 9.98. The summed E-state index contributed by atoms with van der Waals surface area (Å²) in [4.78, 5) is 24.3. The molecule has 0 atom stereocenters. The number of unbranched alkanes of at least 4 members (excludes halogenated alkanes) is 3. The summed E-state index contributed by atoms with van der Waals surface area (Å²) in [6, 6.07) is 16.2. The molecule has 7 nitrogen and oxygen atoms in total. The van der Waals surface area contributed by atoms with E-state index in [0.29, 0.717) is 15.7 Å². The minimum Gasteiger partial charge on any atom is -0.302 e. The van der Waals surface area contributed by atoms with Gasteiger partial charge in [0, 0.05) is 22.7 Å². The van der Waals surface area contributed by atoms with Gasteiger partial charge in [0.1, 0.15) is 0 Å². The number of carbonyl (C=O) groups is 2. The maximum Gasteiger partial charge on any atom is 0.269 e. The summed E-state index contributed by atoms with van der Waals surface area (Å²) in [7, 11) is 0. The first-order chi connectivity index (χ1) is 15.6. The van der Waals surface area contributed by atoms with Crippen LogP contribution in [0.3, 0.4) is 0 Å². The van der Waals surface area contributed by atoms with Gasteiger partial charge in [-0.15, -0.1) is 10.2 Å². The number of hydrazine groups is 1. The van der Waals surface area contributed by atoms with Crippen LogP contribution in [-0.4, -0.2) is 32.3 Å². The van der Waals surface area contributed by atoms with E-state index in [2.05, 4.69) is 28.0 Å². The molecule has 3 aromatic rings. The minimum atomic E-state index is -0.368. The number of amides is 2. The highest BCUT2D eigenvalue weighted by Gasteiger charge is 2.16. The van der Waals surface area contributed by atoms with Gasteiger partial charge >= 0.3 is 0 Å². The summed E-state index contributed by atoms with van der Waals surface area (Å²) in [6.07, 6.45) is 4.44. The van der Waals surface area contributed by atoms with E-state index in [1.165, 1.54) is 18.2 Å².